The number of halogens is 1. The highest BCUT2D eigenvalue weighted by molar-refractivity contribution is 9.10. The molecule has 0 radical (unpaired) electrons. The highest BCUT2D eigenvalue weighted by Crippen LogP contribution is 2.51. The number of nitrogens with one attached hydrogen (secondary N) is 1. The Kier molecular flexibility index (Phi) is 2.48. The minimum atomic E-state index is 0.0536. The highest BCUT2D eigenvalue weighted by Gasteiger charge is 2.36. The number of hydrogen-bond acceptors (Lipinski definition) is 0. The van der Waals surface area contributed by atoms with E-state index in [0.29, 0.717) is 0 Å². The van der Waals surface area contributed by atoms with Gasteiger partial charge in [-0.1, -0.05) is 66.2 Å². The van der Waals surface area contributed by atoms with Crippen LogP contribution >= 0.6 is 15.9 Å². The van der Waals surface area contributed by atoms with E-state index in [2.05, 4.69) is 89.4 Å². The van der Waals surface area contributed by atoms with Crippen molar-refractivity contribution >= 4 is 37.7 Å². The molecular formula is C21H16BrN. The van der Waals surface area contributed by atoms with E-state index in [9.17, 15) is 0 Å². The topological polar surface area (TPSA) is 15.8 Å². The van der Waals surface area contributed by atoms with Crippen LogP contribution in [0.4, 0.5) is 0 Å². The summed E-state index contributed by atoms with van der Waals surface area (Å²) in [7, 11) is 0. The second kappa shape index (κ2) is 4.27. The molecule has 0 spiro atoms. The normalized spacial score (nSPS) is 15.1. The van der Waals surface area contributed by atoms with Crippen molar-refractivity contribution in [1.29, 1.82) is 0 Å². The van der Waals surface area contributed by atoms with Gasteiger partial charge in [-0.05, 0) is 34.9 Å². The number of fused-ring (bicyclic) bond motifs is 7. The van der Waals surface area contributed by atoms with Gasteiger partial charge in [0.2, 0.25) is 0 Å². The van der Waals surface area contributed by atoms with Crippen molar-refractivity contribution in [3.05, 3.63) is 70.2 Å². The van der Waals surface area contributed by atoms with Crippen LogP contribution in [0.2, 0.25) is 0 Å². The molecule has 1 aliphatic carbocycles. The Morgan fingerprint density at radius 3 is 2.57 bits per heavy atom. The van der Waals surface area contributed by atoms with Crippen molar-refractivity contribution in [2.24, 2.45) is 0 Å². The number of rotatable bonds is 0. The van der Waals surface area contributed by atoms with Crippen molar-refractivity contribution in [1.82, 2.24) is 4.98 Å². The zero-order valence-electron chi connectivity index (χ0n) is 13.1. The third-order valence-electron chi connectivity index (χ3n) is 5.28. The van der Waals surface area contributed by atoms with E-state index >= 15 is 0 Å². The Bertz CT molecular complexity index is 1100. The first-order valence-electron chi connectivity index (χ1n) is 7.92. The first-order valence-corrected chi connectivity index (χ1v) is 8.71. The van der Waals surface area contributed by atoms with Gasteiger partial charge in [-0.2, -0.15) is 0 Å². The van der Waals surface area contributed by atoms with Gasteiger partial charge in [0, 0.05) is 31.7 Å². The van der Waals surface area contributed by atoms with E-state index in [-0.39, 0.29) is 5.41 Å². The summed E-state index contributed by atoms with van der Waals surface area (Å²) < 4.78 is 1.12. The molecular weight excluding hydrogens is 346 g/mol. The van der Waals surface area contributed by atoms with Crippen LogP contribution in [0.5, 0.6) is 0 Å². The van der Waals surface area contributed by atoms with Gasteiger partial charge >= 0.3 is 0 Å². The van der Waals surface area contributed by atoms with Gasteiger partial charge in [-0.3, -0.25) is 0 Å². The SMILES string of the molecule is CC1(C)c2ccccc2-c2c1ccc1c2[nH]c2ccc(Br)cc21. The smallest absolute Gasteiger partial charge is 0.0547 e. The van der Waals surface area contributed by atoms with Gasteiger partial charge in [-0.25, -0.2) is 0 Å². The molecule has 112 valence electrons. The van der Waals surface area contributed by atoms with Crippen LogP contribution in [0.3, 0.4) is 0 Å². The quantitative estimate of drug-likeness (QED) is 0.373. The molecule has 5 rings (SSSR count). The molecule has 0 fully saturated rings. The summed E-state index contributed by atoms with van der Waals surface area (Å²) in [5.41, 5.74) is 8.07. The summed E-state index contributed by atoms with van der Waals surface area (Å²) >= 11 is 3.60. The molecule has 3 aromatic carbocycles. The van der Waals surface area contributed by atoms with Crippen molar-refractivity contribution in [2.45, 2.75) is 19.3 Å². The van der Waals surface area contributed by atoms with Crippen LogP contribution < -0.4 is 0 Å². The predicted molar refractivity (Wildman–Crippen MR) is 101 cm³/mol. The van der Waals surface area contributed by atoms with Crippen molar-refractivity contribution < 1.29 is 0 Å². The molecule has 0 aliphatic heterocycles. The van der Waals surface area contributed by atoms with Gasteiger partial charge < -0.3 is 4.98 Å². The summed E-state index contributed by atoms with van der Waals surface area (Å²) in [5.74, 6) is 0. The molecule has 1 aliphatic rings. The van der Waals surface area contributed by atoms with Gasteiger partial charge in [0.25, 0.3) is 0 Å². The maximum Gasteiger partial charge on any atom is 0.0547 e. The fourth-order valence-corrected chi connectivity index (χ4v) is 4.49. The predicted octanol–water partition coefficient (Wildman–Crippen LogP) is 6.39. The van der Waals surface area contributed by atoms with Gasteiger partial charge in [0.1, 0.15) is 0 Å². The molecule has 2 heteroatoms. The number of aromatic amines is 1. The molecule has 0 amide bonds. The lowest BCUT2D eigenvalue weighted by Crippen LogP contribution is -2.14. The first kappa shape index (κ1) is 13.4. The molecule has 0 atom stereocenters. The summed E-state index contributed by atoms with van der Waals surface area (Å²) in [6.45, 7) is 4.64. The highest BCUT2D eigenvalue weighted by atomic mass is 79.9. The van der Waals surface area contributed by atoms with E-state index in [1.54, 1.807) is 0 Å². The van der Waals surface area contributed by atoms with E-state index in [0.717, 1.165) is 4.47 Å². The third-order valence-corrected chi connectivity index (χ3v) is 5.77. The molecule has 0 saturated heterocycles. The second-order valence-electron chi connectivity index (χ2n) is 6.90. The van der Waals surface area contributed by atoms with E-state index in [1.165, 1.54) is 44.1 Å². The minimum absolute atomic E-state index is 0.0536. The summed E-state index contributed by atoms with van der Waals surface area (Å²) in [4.78, 5) is 3.66. The van der Waals surface area contributed by atoms with Crippen LogP contribution in [-0.4, -0.2) is 4.98 Å². The summed E-state index contributed by atoms with van der Waals surface area (Å²) in [6.07, 6.45) is 0. The van der Waals surface area contributed by atoms with Crippen molar-refractivity contribution in [3.63, 3.8) is 0 Å². The van der Waals surface area contributed by atoms with Crippen LogP contribution in [0, 0.1) is 0 Å². The molecule has 0 saturated carbocycles. The Balaban J connectivity index is 1.99. The average Bonchev–Trinajstić information content (AvgIpc) is 3.02. The lowest BCUT2D eigenvalue weighted by atomic mass is 9.82. The molecule has 1 aromatic heterocycles. The fraction of sp³-hybridized carbons (Fsp3) is 0.143. The standard InChI is InChI=1S/C21H16BrN/c1-21(2)16-6-4-3-5-14(16)19-17(21)9-8-13-15-11-12(22)7-10-18(15)23-20(13)19/h3-11,23H,1-2H3. The molecule has 1 nitrogen and oxygen atoms in total. The Hall–Kier alpha value is -2.06. The van der Waals surface area contributed by atoms with E-state index in [4.69, 9.17) is 0 Å². The molecule has 0 unspecified atom stereocenters. The van der Waals surface area contributed by atoms with E-state index in [1.807, 2.05) is 0 Å². The largest absolute Gasteiger partial charge is 0.354 e. The molecule has 1 N–H and O–H groups in total. The third kappa shape index (κ3) is 1.62. The second-order valence-corrected chi connectivity index (χ2v) is 7.81. The van der Waals surface area contributed by atoms with Gasteiger partial charge in [-0.15, -0.1) is 0 Å². The van der Waals surface area contributed by atoms with Crippen LogP contribution in [-0.2, 0) is 5.41 Å². The number of aromatic nitrogens is 1. The van der Waals surface area contributed by atoms with Crippen LogP contribution in [0.15, 0.2) is 59.1 Å². The lowest BCUT2D eigenvalue weighted by molar-refractivity contribution is 0.661. The van der Waals surface area contributed by atoms with Crippen molar-refractivity contribution in [2.75, 3.05) is 0 Å². The maximum atomic E-state index is 3.66. The number of H-pyrrole nitrogens is 1. The fourth-order valence-electron chi connectivity index (χ4n) is 4.13. The number of hydrogen-bond donors (Lipinski definition) is 1. The molecule has 23 heavy (non-hydrogen) atoms. The zero-order chi connectivity index (χ0) is 15.8. The molecule has 0 bridgehead atoms. The van der Waals surface area contributed by atoms with Gasteiger partial charge in [0.05, 0.1) is 5.52 Å². The van der Waals surface area contributed by atoms with Crippen LogP contribution in [0.1, 0.15) is 25.0 Å². The Labute approximate surface area is 143 Å². The summed E-state index contributed by atoms with van der Waals surface area (Å²) in [5, 5.41) is 2.58. The minimum Gasteiger partial charge on any atom is -0.354 e. The zero-order valence-corrected chi connectivity index (χ0v) is 14.7. The Morgan fingerprint density at radius 1 is 0.870 bits per heavy atom. The van der Waals surface area contributed by atoms with Crippen molar-refractivity contribution in [3.8, 4) is 11.1 Å². The first-order chi connectivity index (χ1) is 11.1. The lowest BCUT2D eigenvalue weighted by Gasteiger charge is -2.21. The molecule has 1 heterocycles. The molecule has 4 aromatic rings. The number of benzene rings is 3. The maximum absolute atomic E-state index is 3.66. The van der Waals surface area contributed by atoms with E-state index < -0.39 is 0 Å². The summed E-state index contributed by atoms with van der Waals surface area (Å²) in [6, 6.07) is 19.8. The Morgan fingerprint density at radius 2 is 1.70 bits per heavy atom. The monoisotopic (exact) mass is 361 g/mol. The average molecular weight is 362 g/mol. The van der Waals surface area contributed by atoms with Crippen LogP contribution in [0.25, 0.3) is 32.9 Å². The van der Waals surface area contributed by atoms with Gasteiger partial charge in [0.15, 0.2) is 0 Å².